The Morgan fingerprint density at radius 3 is 1.54 bits per heavy atom. The molecule has 24 heavy (non-hydrogen) atoms. The van der Waals surface area contributed by atoms with Crippen LogP contribution in [0.5, 0.6) is 0 Å². The topological polar surface area (TPSA) is 20.2 Å². The zero-order valence-electron chi connectivity index (χ0n) is 17.0. The van der Waals surface area contributed by atoms with Gasteiger partial charge in [0.2, 0.25) is 0 Å². The van der Waals surface area contributed by atoms with Crippen molar-refractivity contribution in [2.75, 3.05) is 0 Å². The third-order valence-electron chi connectivity index (χ3n) is 4.36. The van der Waals surface area contributed by atoms with Crippen molar-refractivity contribution in [2.24, 2.45) is 0 Å². The second kappa shape index (κ2) is 14.3. The quantitative estimate of drug-likeness (QED) is 0.372. The largest absolute Gasteiger partial charge is 0.393 e. The van der Waals surface area contributed by atoms with Crippen molar-refractivity contribution < 1.29 is 5.11 Å². The second-order valence-electron chi connectivity index (χ2n) is 7.35. The summed E-state index contributed by atoms with van der Waals surface area (Å²) in [5.41, 5.74) is 5.80. The van der Waals surface area contributed by atoms with Gasteiger partial charge in [-0.1, -0.05) is 53.5 Å². The normalized spacial score (nSPS) is 14.7. The molecular formula is C23H40O. The lowest BCUT2D eigenvalue weighted by atomic mass is 10.0. The molecule has 0 fully saturated rings. The van der Waals surface area contributed by atoms with Crippen LogP contribution in [0.3, 0.4) is 0 Å². The molecule has 0 saturated carbocycles. The highest BCUT2D eigenvalue weighted by atomic mass is 16.3. The molecule has 0 aromatic heterocycles. The van der Waals surface area contributed by atoms with Crippen molar-refractivity contribution in [1.82, 2.24) is 0 Å². The predicted molar refractivity (Wildman–Crippen MR) is 109 cm³/mol. The number of aliphatic hydroxyl groups excluding tert-OH is 1. The van der Waals surface area contributed by atoms with Gasteiger partial charge >= 0.3 is 0 Å². The van der Waals surface area contributed by atoms with E-state index in [1.807, 2.05) is 6.92 Å². The second-order valence-corrected chi connectivity index (χ2v) is 7.35. The summed E-state index contributed by atoms with van der Waals surface area (Å²) < 4.78 is 0. The minimum atomic E-state index is -0.177. The molecule has 0 spiro atoms. The van der Waals surface area contributed by atoms with Gasteiger partial charge in [-0.05, 0) is 86.0 Å². The summed E-state index contributed by atoms with van der Waals surface area (Å²) in [7, 11) is 0. The average Bonchev–Trinajstić information content (AvgIpc) is 2.52. The molecule has 0 heterocycles. The van der Waals surface area contributed by atoms with Crippen molar-refractivity contribution >= 4 is 0 Å². The third-order valence-corrected chi connectivity index (χ3v) is 4.36. The molecule has 0 rings (SSSR count). The van der Waals surface area contributed by atoms with Crippen LogP contribution < -0.4 is 0 Å². The summed E-state index contributed by atoms with van der Waals surface area (Å²) in [6.07, 6.45) is 17.6. The van der Waals surface area contributed by atoms with Gasteiger partial charge in [0.1, 0.15) is 0 Å². The maximum Gasteiger partial charge on any atom is 0.0572 e. The summed E-state index contributed by atoms with van der Waals surface area (Å²) in [5.74, 6) is 0. The summed E-state index contributed by atoms with van der Waals surface area (Å²) in [4.78, 5) is 0. The minimum absolute atomic E-state index is 0.177. The number of hydrogen-bond acceptors (Lipinski definition) is 1. The van der Waals surface area contributed by atoms with Crippen LogP contribution in [0.1, 0.15) is 92.9 Å². The lowest BCUT2D eigenvalue weighted by Gasteiger charge is -2.05. The van der Waals surface area contributed by atoms with E-state index in [4.69, 9.17) is 0 Å². The molecule has 1 unspecified atom stereocenters. The van der Waals surface area contributed by atoms with Crippen LogP contribution in [0, 0.1) is 0 Å². The first-order valence-corrected chi connectivity index (χ1v) is 9.63. The molecule has 1 atom stereocenters. The van der Waals surface area contributed by atoms with Crippen LogP contribution in [0.4, 0.5) is 0 Å². The molecule has 0 aromatic carbocycles. The zero-order valence-corrected chi connectivity index (χ0v) is 17.0. The lowest BCUT2D eigenvalue weighted by molar-refractivity contribution is 0.173. The minimum Gasteiger partial charge on any atom is -0.393 e. The molecule has 0 saturated heterocycles. The first-order chi connectivity index (χ1) is 11.3. The Labute approximate surface area is 151 Å². The van der Waals surface area contributed by atoms with Crippen LogP contribution in [0.2, 0.25) is 0 Å². The summed E-state index contributed by atoms with van der Waals surface area (Å²) in [6.45, 7) is 13.0. The zero-order chi connectivity index (χ0) is 18.4. The summed E-state index contributed by atoms with van der Waals surface area (Å²) in [6, 6.07) is 0. The van der Waals surface area contributed by atoms with Crippen molar-refractivity contribution in [1.29, 1.82) is 0 Å². The summed E-state index contributed by atoms with van der Waals surface area (Å²) >= 11 is 0. The summed E-state index contributed by atoms with van der Waals surface area (Å²) in [5, 5.41) is 9.58. The highest BCUT2D eigenvalue weighted by Crippen LogP contribution is 2.14. The average molecular weight is 333 g/mol. The van der Waals surface area contributed by atoms with Gasteiger partial charge in [-0.2, -0.15) is 0 Å². The molecule has 0 aliphatic heterocycles. The molecule has 0 bridgehead atoms. The van der Waals surface area contributed by atoms with E-state index in [0.29, 0.717) is 0 Å². The van der Waals surface area contributed by atoms with Gasteiger partial charge < -0.3 is 5.11 Å². The maximum absolute atomic E-state index is 9.58. The maximum atomic E-state index is 9.58. The molecule has 0 amide bonds. The van der Waals surface area contributed by atoms with Gasteiger partial charge in [-0.15, -0.1) is 0 Å². The molecule has 1 heteroatoms. The Morgan fingerprint density at radius 1 is 0.708 bits per heavy atom. The van der Waals surface area contributed by atoms with Crippen LogP contribution in [-0.4, -0.2) is 11.2 Å². The Bertz CT molecular complexity index is 445. The van der Waals surface area contributed by atoms with Gasteiger partial charge in [0.05, 0.1) is 6.10 Å². The van der Waals surface area contributed by atoms with E-state index in [2.05, 4.69) is 58.9 Å². The van der Waals surface area contributed by atoms with Gasteiger partial charge in [0, 0.05) is 0 Å². The van der Waals surface area contributed by atoms with Crippen LogP contribution in [0.25, 0.3) is 0 Å². The van der Waals surface area contributed by atoms with Gasteiger partial charge in [-0.3, -0.25) is 0 Å². The fourth-order valence-electron chi connectivity index (χ4n) is 2.49. The molecule has 138 valence electrons. The fraction of sp³-hybridized carbons (Fsp3) is 0.652. The van der Waals surface area contributed by atoms with Crippen molar-refractivity contribution in [3.8, 4) is 0 Å². The van der Waals surface area contributed by atoms with E-state index >= 15 is 0 Å². The third kappa shape index (κ3) is 14.5. The number of allylic oxidation sites excluding steroid dienone is 7. The molecular weight excluding hydrogens is 292 g/mol. The van der Waals surface area contributed by atoms with Crippen LogP contribution in [-0.2, 0) is 0 Å². The number of aliphatic hydroxyl groups is 1. The van der Waals surface area contributed by atoms with Gasteiger partial charge in [-0.25, -0.2) is 0 Å². The Hall–Kier alpha value is -1.08. The number of rotatable bonds is 12. The number of hydrogen-bond donors (Lipinski definition) is 1. The van der Waals surface area contributed by atoms with E-state index < -0.39 is 0 Å². The standard InChI is InChI=1S/C23H40O/c1-7-23(24)18-17-22(6)16-10-15-21(5)14-9-13-20(4)12-8-11-19(2)3/h11,13,15,17,23-24H,7-10,12,14,16,18H2,1-6H3. The van der Waals surface area contributed by atoms with Gasteiger partial charge in [0.15, 0.2) is 0 Å². The van der Waals surface area contributed by atoms with E-state index in [0.717, 1.165) is 44.9 Å². The molecule has 1 nitrogen and oxygen atoms in total. The Kier molecular flexibility index (Phi) is 13.6. The highest BCUT2D eigenvalue weighted by Gasteiger charge is 1.98. The lowest BCUT2D eigenvalue weighted by Crippen LogP contribution is -2.01. The molecule has 0 aliphatic carbocycles. The van der Waals surface area contributed by atoms with E-state index in [9.17, 15) is 5.11 Å². The van der Waals surface area contributed by atoms with E-state index in [-0.39, 0.29) is 6.10 Å². The first kappa shape index (κ1) is 22.9. The van der Waals surface area contributed by atoms with Crippen LogP contribution in [0.15, 0.2) is 46.6 Å². The monoisotopic (exact) mass is 332 g/mol. The smallest absolute Gasteiger partial charge is 0.0572 e. The SMILES string of the molecule is CCC(O)CC=C(C)CCC=C(C)CCC=C(C)CCC=C(C)C. The Morgan fingerprint density at radius 2 is 1.12 bits per heavy atom. The van der Waals surface area contributed by atoms with Gasteiger partial charge in [0.25, 0.3) is 0 Å². The van der Waals surface area contributed by atoms with Crippen molar-refractivity contribution in [2.45, 2.75) is 99.0 Å². The first-order valence-electron chi connectivity index (χ1n) is 9.63. The predicted octanol–water partition coefficient (Wildman–Crippen LogP) is 7.29. The molecule has 0 aromatic rings. The highest BCUT2D eigenvalue weighted by molar-refractivity contribution is 5.07. The Balaban J connectivity index is 4.00. The molecule has 0 radical (unpaired) electrons. The van der Waals surface area contributed by atoms with Crippen molar-refractivity contribution in [3.05, 3.63) is 46.6 Å². The molecule has 1 N–H and O–H groups in total. The fourth-order valence-corrected chi connectivity index (χ4v) is 2.49. The molecule has 0 aliphatic rings. The van der Waals surface area contributed by atoms with E-state index in [1.165, 1.54) is 28.7 Å². The van der Waals surface area contributed by atoms with Crippen molar-refractivity contribution in [3.63, 3.8) is 0 Å². The van der Waals surface area contributed by atoms with Crippen LogP contribution >= 0.6 is 0 Å². The van der Waals surface area contributed by atoms with E-state index in [1.54, 1.807) is 0 Å².